The van der Waals surface area contributed by atoms with Crippen LogP contribution >= 0.6 is 0 Å². The third-order valence-electron chi connectivity index (χ3n) is 3.41. The Morgan fingerprint density at radius 1 is 1.39 bits per heavy atom. The maximum Gasteiger partial charge on any atom is 0.303 e. The van der Waals surface area contributed by atoms with Gasteiger partial charge in [0.25, 0.3) is 0 Å². The van der Waals surface area contributed by atoms with Gasteiger partial charge in [-0.1, -0.05) is 12.1 Å². The molecule has 1 aromatic heterocycles. The van der Waals surface area contributed by atoms with E-state index in [1.165, 1.54) is 12.1 Å². The molecule has 122 valence electrons. The van der Waals surface area contributed by atoms with Crippen molar-refractivity contribution in [3.63, 3.8) is 0 Å². The molecule has 0 aliphatic rings. The maximum atomic E-state index is 13.3. The molecule has 0 spiro atoms. The van der Waals surface area contributed by atoms with E-state index in [9.17, 15) is 9.18 Å². The molecule has 1 N–H and O–H groups in total. The summed E-state index contributed by atoms with van der Waals surface area (Å²) in [5.41, 5.74) is 1.45. The van der Waals surface area contributed by atoms with E-state index in [-0.39, 0.29) is 24.8 Å². The zero-order valence-corrected chi connectivity index (χ0v) is 13.1. The van der Waals surface area contributed by atoms with Crippen LogP contribution in [0.3, 0.4) is 0 Å². The highest BCUT2D eigenvalue weighted by Gasteiger charge is 2.16. The molecule has 1 atom stereocenters. The molecule has 1 aromatic carbocycles. The van der Waals surface area contributed by atoms with Gasteiger partial charge in [0.05, 0.1) is 24.9 Å². The third-order valence-corrected chi connectivity index (χ3v) is 3.41. The van der Waals surface area contributed by atoms with Crippen LogP contribution in [0.25, 0.3) is 0 Å². The van der Waals surface area contributed by atoms with Gasteiger partial charge >= 0.3 is 5.97 Å². The zero-order chi connectivity index (χ0) is 16.8. The second-order valence-electron chi connectivity index (χ2n) is 5.48. The minimum absolute atomic E-state index is 0.0533. The molecule has 2 aromatic rings. The molecule has 23 heavy (non-hydrogen) atoms. The van der Waals surface area contributed by atoms with Gasteiger partial charge in [-0.3, -0.25) is 4.79 Å². The number of carboxylic acids is 1. The first-order chi connectivity index (χ1) is 10.9. The van der Waals surface area contributed by atoms with Crippen molar-refractivity contribution in [1.82, 2.24) is 9.97 Å². The minimum atomic E-state index is -0.910. The molecule has 0 fully saturated rings. The highest BCUT2D eigenvalue weighted by molar-refractivity contribution is 5.67. The first-order valence-corrected chi connectivity index (χ1v) is 7.33. The Morgan fingerprint density at radius 2 is 2.17 bits per heavy atom. The lowest BCUT2D eigenvalue weighted by Crippen LogP contribution is -2.19. The molecule has 0 saturated heterocycles. The number of carbonyl (C=O) groups is 1. The summed E-state index contributed by atoms with van der Waals surface area (Å²) in [5, 5.41) is 9.05. The fourth-order valence-electron chi connectivity index (χ4n) is 2.36. The molecule has 0 radical (unpaired) electrons. The van der Waals surface area contributed by atoms with E-state index in [1.807, 2.05) is 6.92 Å². The molecule has 0 aliphatic carbocycles. The van der Waals surface area contributed by atoms with Crippen molar-refractivity contribution < 1.29 is 19.0 Å². The molecule has 6 heteroatoms. The number of aromatic nitrogens is 2. The second-order valence-corrected chi connectivity index (χ2v) is 5.48. The third kappa shape index (κ3) is 5.32. The summed E-state index contributed by atoms with van der Waals surface area (Å²) in [5.74, 6) is -0.330. The topological polar surface area (TPSA) is 72.3 Å². The van der Waals surface area contributed by atoms with Crippen LogP contribution in [0.5, 0.6) is 5.75 Å². The average molecular weight is 318 g/mol. The molecular weight excluding hydrogens is 299 g/mol. The van der Waals surface area contributed by atoms with Crippen LogP contribution in [0.15, 0.2) is 30.5 Å². The van der Waals surface area contributed by atoms with Crippen molar-refractivity contribution in [1.29, 1.82) is 0 Å². The van der Waals surface area contributed by atoms with Crippen LogP contribution in [0.1, 0.15) is 23.5 Å². The number of hydrogen-bond acceptors (Lipinski definition) is 4. The Kier molecular flexibility index (Phi) is 5.62. The Bertz CT molecular complexity index is 691. The Hall–Kier alpha value is -2.50. The quantitative estimate of drug-likeness (QED) is 0.850. The summed E-state index contributed by atoms with van der Waals surface area (Å²) in [6.45, 7) is 3.80. The monoisotopic (exact) mass is 318 g/mol. The fraction of sp³-hybridized carbons (Fsp3) is 0.353. The molecule has 0 saturated carbocycles. The number of ether oxygens (including phenoxy) is 1. The van der Waals surface area contributed by atoms with E-state index in [2.05, 4.69) is 9.97 Å². The minimum Gasteiger partial charge on any atom is -0.490 e. The molecule has 2 rings (SSSR count). The second kappa shape index (κ2) is 7.67. The van der Waals surface area contributed by atoms with Gasteiger partial charge in [0, 0.05) is 5.92 Å². The van der Waals surface area contributed by atoms with Crippen molar-refractivity contribution >= 4 is 5.97 Å². The van der Waals surface area contributed by atoms with Gasteiger partial charge in [-0.25, -0.2) is 14.4 Å². The smallest absolute Gasteiger partial charge is 0.303 e. The van der Waals surface area contributed by atoms with Crippen LogP contribution < -0.4 is 4.74 Å². The average Bonchev–Trinajstić information content (AvgIpc) is 2.45. The highest BCUT2D eigenvalue weighted by atomic mass is 19.1. The van der Waals surface area contributed by atoms with Gasteiger partial charge in [0.15, 0.2) is 5.75 Å². The molecule has 0 aliphatic heterocycles. The number of halogens is 1. The van der Waals surface area contributed by atoms with Crippen LogP contribution in [-0.4, -0.2) is 27.7 Å². The number of rotatable bonds is 7. The maximum absolute atomic E-state index is 13.3. The Balaban J connectivity index is 2.04. The van der Waals surface area contributed by atoms with Gasteiger partial charge in [-0.2, -0.15) is 0 Å². The Labute approximate surface area is 134 Å². The standard InChI is InChI=1S/C17H19FN2O3/c1-11-16(9-19-12(2)20-11)23-10-14(8-17(21)22)6-13-4-3-5-15(18)7-13/h3-5,7,9,14H,6,8,10H2,1-2H3,(H,21,22)/t14-/m0/s1. The molecule has 1 heterocycles. The lowest BCUT2D eigenvalue weighted by molar-refractivity contribution is -0.138. The van der Waals surface area contributed by atoms with Crippen molar-refractivity contribution in [3.05, 3.63) is 53.4 Å². The van der Waals surface area contributed by atoms with E-state index in [4.69, 9.17) is 9.84 Å². The fourth-order valence-corrected chi connectivity index (χ4v) is 2.36. The number of nitrogens with zero attached hydrogens (tertiary/aromatic N) is 2. The number of carboxylic acid groups (broad SMARTS) is 1. The van der Waals surface area contributed by atoms with E-state index < -0.39 is 5.97 Å². The summed E-state index contributed by atoms with van der Waals surface area (Å²) in [4.78, 5) is 19.3. The van der Waals surface area contributed by atoms with Crippen LogP contribution in [0, 0.1) is 25.6 Å². The number of benzene rings is 1. The summed E-state index contributed by atoms with van der Waals surface area (Å²) in [6, 6.07) is 6.16. The number of aryl methyl sites for hydroxylation is 2. The summed E-state index contributed by atoms with van der Waals surface area (Å²) >= 11 is 0. The number of hydrogen-bond donors (Lipinski definition) is 1. The molecule has 0 unspecified atom stereocenters. The van der Waals surface area contributed by atoms with Gasteiger partial charge in [0.1, 0.15) is 11.6 Å². The summed E-state index contributed by atoms with van der Waals surface area (Å²) < 4.78 is 18.9. The van der Waals surface area contributed by atoms with E-state index in [0.29, 0.717) is 23.7 Å². The van der Waals surface area contributed by atoms with E-state index >= 15 is 0 Å². The number of aliphatic carboxylic acids is 1. The highest BCUT2D eigenvalue weighted by Crippen LogP contribution is 2.18. The van der Waals surface area contributed by atoms with Gasteiger partial charge < -0.3 is 9.84 Å². The lowest BCUT2D eigenvalue weighted by Gasteiger charge is -2.17. The van der Waals surface area contributed by atoms with E-state index in [0.717, 1.165) is 5.56 Å². The first kappa shape index (κ1) is 16.9. The molecule has 0 amide bonds. The zero-order valence-electron chi connectivity index (χ0n) is 13.1. The van der Waals surface area contributed by atoms with Crippen LogP contribution in [-0.2, 0) is 11.2 Å². The normalized spacial score (nSPS) is 12.0. The van der Waals surface area contributed by atoms with Gasteiger partial charge in [-0.15, -0.1) is 0 Å². The summed E-state index contributed by atoms with van der Waals surface area (Å²) in [6.07, 6.45) is 1.95. The predicted molar refractivity (Wildman–Crippen MR) is 82.8 cm³/mol. The van der Waals surface area contributed by atoms with E-state index in [1.54, 1.807) is 25.3 Å². The lowest BCUT2D eigenvalue weighted by atomic mass is 9.97. The predicted octanol–water partition coefficient (Wildman–Crippen LogP) is 2.94. The van der Waals surface area contributed by atoms with Gasteiger partial charge in [0.2, 0.25) is 0 Å². The largest absolute Gasteiger partial charge is 0.490 e. The SMILES string of the molecule is Cc1ncc(OC[C@H](CC(=O)O)Cc2cccc(F)c2)c(C)n1. The Morgan fingerprint density at radius 3 is 2.83 bits per heavy atom. The molecule has 5 nitrogen and oxygen atoms in total. The molecule has 0 bridgehead atoms. The van der Waals surface area contributed by atoms with Crippen LogP contribution in [0.2, 0.25) is 0 Å². The molecular formula is C17H19FN2O3. The van der Waals surface area contributed by atoms with Crippen molar-refractivity contribution in [2.45, 2.75) is 26.7 Å². The van der Waals surface area contributed by atoms with Gasteiger partial charge in [-0.05, 0) is 38.0 Å². The van der Waals surface area contributed by atoms with Crippen molar-refractivity contribution in [2.24, 2.45) is 5.92 Å². The van der Waals surface area contributed by atoms with Crippen LogP contribution in [0.4, 0.5) is 4.39 Å². The van der Waals surface area contributed by atoms with Crippen molar-refractivity contribution in [2.75, 3.05) is 6.61 Å². The summed E-state index contributed by atoms with van der Waals surface area (Å²) in [7, 11) is 0. The first-order valence-electron chi connectivity index (χ1n) is 7.33. The van der Waals surface area contributed by atoms with Crippen molar-refractivity contribution in [3.8, 4) is 5.75 Å².